The molecule has 0 unspecified atom stereocenters. The fourth-order valence-electron chi connectivity index (χ4n) is 2.53. The molecule has 3 rings (SSSR count). The lowest BCUT2D eigenvalue weighted by molar-refractivity contribution is -0.120. The number of aryl methyl sites for hydroxylation is 1. The van der Waals surface area contributed by atoms with Crippen LogP contribution < -0.4 is 15.4 Å². The summed E-state index contributed by atoms with van der Waals surface area (Å²) in [5, 5.41) is 7.42. The lowest BCUT2D eigenvalue weighted by Crippen LogP contribution is -2.37. The van der Waals surface area contributed by atoms with Gasteiger partial charge in [0.25, 0.3) is 5.91 Å². The molecular weight excluding hydrogens is 338 g/mol. The number of nitrogens with zero attached hydrogens (tertiary/aromatic N) is 1. The van der Waals surface area contributed by atoms with Crippen LogP contribution in [0, 0.1) is 0 Å². The Morgan fingerprint density at radius 3 is 2.60 bits per heavy atom. The molecule has 0 bridgehead atoms. The van der Waals surface area contributed by atoms with Gasteiger partial charge in [-0.2, -0.15) is 0 Å². The maximum atomic E-state index is 12.3. The lowest BCUT2D eigenvalue weighted by atomic mass is 10.2. The number of hydrogen-bond acceptors (Lipinski definition) is 4. The molecule has 7 heteroatoms. The van der Waals surface area contributed by atoms with Crippen LogP contribution in [0.2, 0.25) is 0 Å². The Hall–Kier alpha value is -2.80. The summed E-state index contributed by atoms with van der Waals surface area (Å²) in [5.41, 5.74) is 2.52. The Kier molecular flexibility index (Phi) is 5.04. The number of aromatic nitrogens is 1. The van der Waals surface area contributed by atoms with Gasteiger partial charge < -0.3 is 19.9 Å². The van der Waals surface area contributed by atoms with Crippen molar-refractivity contribution in [3.63, 3.8) is 0 Å². The molecule has 2 heterocycles. The van der Waals surface area contributed by atoms with Crippen LogP contribution in [0.25, 0.3) is 10.2 Å². The van der Waals surface area contributed by atoms with Gasteiger partial charge in [0.05, 0.1) is 23.9 Å². The molecule has 0 aliphatic heterocycles. The molecule has 0 spiro atoms. The Balaban J connectivity index is 1.50. The van der Waals surface area contributed by atoms with Crippen molar-refractivity contribution >= 4 is 33.4 Å². The van der Waals surface area contributed by atoms with E-state index in [-0.39, 0.29) is 18.4 Å². The molecule has 0 radical (unpaired) electrons. The van der Waals surface area contributed by atoms with Crippen molar-refractivity contribution in [2.45, 2.75) is 6.54 Å². The number of thiophene rings is 1. The third-order valence-corrected chi connectivity index (χ3v) is 4.81. The van der Waals surface area contributed by atoms with Crippen LogP contribution >= 0.6 is 11.3 Å². The van der Waals surface area contributed by atoms with Crippen LogP contribution in [0.5, 0.6) is 5.75 Å². The van der Waals surface area contributed by atoms with E-state index in [1.54, 1.807) is 18.4 Å². The normalized spacial score (nSPS) is 10.6. The van der Waals surface area contributed by atoms with Crippen LogP contribution in [0.3, 0.4) is 0 Å². The van der Waals surface area contributed by atoms with E-state index in [9.17, 15) is 9.59 Å². The van der Waals surface area contributed by atoms with E-state index in [4.69, 9.17) is 4.74 Å². The largest absolute Gasteiger partial charge is 0.497 e. The average Bonchev–Trinajstić information content (AvgIpc) is 3.21. The van der Waals surface area contributed by atoms with Gasteiger partial charge in [0.2, 0.25) is 5.91 Å². The zero-order valence-corrected chi connectivity index (χ0v) is 14.9. The van der Waals surface area contributed by atoms with Gasteiger partial charge in [0.15, 0.2) is 0 Å². The predicted molar refractivity (Wildman–Crippen MR) is 98.0 cm³/mol. The van der Waals surface area contributed by atoms with Gasteiger partial charge in [-0.1, -0.05) is 12.1 Å². The molecule has 2 amide bonds. The molecule has 0 atom stereocenters. The van der Waals surface area contributed by atoms with E-state index >= 15 is 0 Å². The molecule has 6 nitrogen and oxygen atoms in total. The fraction of sp³-hybridized carbons (Fsp3) is 0.222. The number of nitrogens with one attached hydrogen (secondary N) is 2. The topological polar surface area (TPSA) is 72.4 Å². The number of carbonyl (C=O) groups excluding carboxylic acids is 2. The van der Waals surface area contributed by atoms with Gasteiger partial charge in [0.1, 0.15) is 11.4 Å². The van der Waals surface area contributed by atoms with Crippen molar-refractivity contribution < 1.29 is 14.3 Å². The molecule has 2 N–H and O–H groups in total. The number of fused-ring (bicyclic) bond motifs is 1. The highest BCUT2D eigenvalue weighted by atomic mass is 32.1. The molecule has 25 heavy (non-hydrogen) atoms. The van der Waals surface area contributed by atoms with E-state index in [1.165, 1.54) is 0 Å². The summed E-state index contributed by atoms with van der Waals surface area (Å²) in [4.78, 5) is 24.2. The van der Waals surface area contributed by atoms with Crippen LogP contribution in [-0.4, -0.2) is 30.0 Å². The molecular formula is C18H19N3O3S. The first-order chi connectivity index (χ1) is 12.1. The maximum absolute atomic E-state index is 12.3. The Morgan fingerprint density at radius 2 is 1.92 bits per heavy atom. The Labute approximate surface area is 149 Å². The van der Waals surface area contributed by atoms with Crippen molar-refractivity contribution in [3.05, 3.63) is 53.0 Å². The van der Waals surface area contributed by atoms with Gasteiger partial charge in [-0.25, -0.2) is 0 Å². The van der Waals surface area contributed by atoms with Gasteiger partial charge >= 0.3 is 0 Å². The zero-order valence-electron chi connectivity index (χ0n) is 14.0. The molecule has 1 aromatic carbocycles. The van der Waals surface area contributed by atoms with E-state index in [1.807, 2.05) is 53.4 Å². The Morgan fingerprint density at radius 1 is 1.16 bits per heavy atom. The van der Waals surface area contributed by atoms with E-state index in [2.05, 4.69) is 10.6 Å². The van der Waals surface area contributed by atoms with E-state index in [0.717, 1.165) is 21.5 Å². The smallest absolute Gasteiger partial charge is 0.268 e. The highest BCUT2D eigenvalue weighted by Gasteiger charge is 2.14. The molecule has 0 saturated heterocycles. The first kappa shape index (κ1) is 17.0. The van der Waals surface area contributed by atoms with Crippen LogP contribution in [0.4, 0.5) is 0 Å². The molecule has 0 aliphatic carbocycles. The minimum absolute atomic E-state index is 0.0617. The minimum atomic E-state index is -0.259. The number of rotatable bonds is 6. The second kappa shape index (κ2) is 7.40. The summed E-state index contributed by atoms with van der Waals surface area (Å²) in [6, 6.07) is 11.3. The summed E-state index contributed by atoms with van der Waals surface area (Å²) < 4.78 is 7.97. The van der Waals surface area contributed by atoms with Crippen molar-refractivity contribution in [3.8, 4) is 5.75 Å². The van der Waals surface area contributed by atoms with Crippen molar-refractivity contribution in [2.24, 2.45) is 7.05 Å². The molecule has 0 saturated carbocycles. The van der Waals surface area contributed by atoms with Crippen LogP contribution in [0.15, 0.2) is 41.8 Å². The standard InChI is InChI=1S/C18H19N3O3S/c1-21-14-7-8-25-16(14)9-15(21)18(23)20-11-17(22)19-10-12-3-5-13(24-2)6-4-12/h3-9H,10-11H2,1-2H3,(H,19,22)(H,20,23). The first-order valence-electron chi connectivity index (χ1n) is 7.79. The number of hydrogen-bond donors (Lipinski definition) is 2. The molecule has 0 fully saturated rings. The van der Waals surface area contributed by atoms with Gasteiger partial charge in [0, 0.05) is 13.6 Å². The van der Waals surface area contributed by atoms with Crippen LogP contribution in [-0.2, 0) is 18.4 Å². The number of benzene rings is 1. The maximum Gasteiger partial charge on any atom is 0.268 e. The van der Waals surface area contributed by atoms with Crippen molar-refractivity contribution in [2.75, 3.05) is 13.7 Å². The fourth-order valence-corrected chi connectivity index (χ4v) is 3.37. The third-order valence-electron chi connectivity index (χ3n) is 3.95. The average molecular weight is 357 g/mol. The minimum Gasteiger partial charge on any atom is -0.497 e. The summed E-state index contributed by atoms with van der Waals surface area (Å²) in [6.07, 6.45) is 0. The van der Waals surface area contributed by atoms with Crippen molar-refractivity contribution in [1.82, 2.24) is 15.2 Å². The predicted octanol–water partition coefficient (Wildman–Crippen LogP) is 2.29. The SMILES string of the molecule is COc1ccc(CNC(=O)CNC(=O)c2cc3sccc3n2C)cc1. The monoisotopic (exact) mass is 357 g/mol. The summed E-state index contributed by atoms with van der Waals surface area (Å²) >= 11 is 1.58. The Bertz CT molecular complexity index is 896. The molecule has 0 aliphatic rings. The summed E-state index contributed by atoms with van der Waals surface area (Å²) in [7, 11) is 3.45. The highest BCUT2D eigenvalue weighted by molar-refractivity contribution is 7.17. The number of ether oxygens (including phenoxy) is 1. The van der Waals surface area contributed by atoms with Gasteiger partial charge in [-0.3, -0.25) is 9.59 Å². The summed E-state index contributed by atoms with van der Waals surface area (Å²) in [6.45, 7) is 0.340. The quantitative estimate of drug-likeness (QED) is 0.711. The lowest BCUT2D eigenvalue weighted by Gasteiger charge is -2.08. The van der Waals surface area contributed by atoms with Gasteiger partial charge in [-0.15, -0.1) is 11.3 Å². The first-order valence-corrected chi connectivity index (χ1v) is 8.67. The van der Waals surface area contributed by atoms with Gasteiger partial charge in [-0.05, 0) is 35.2 Å². The zero-order chi connectivity index (χ0) is 17.8. The van der Waals surface area contributed by atoms with E-state index < -0.39 is 0 Å². The van der Waals surface area contributed by atoms with Crippen LogP contribution in [0.1, 0.15) is 16.1 Å². The molecule has 2 aromatic heterocycles. The molecule has 130 valence electrons. The second-order valence-corrected chi connectivity index (χ2v) is 6.51. The number of amides is 2. The summed E-state index contributed by atoms with van der Waals surface area (Å²) in [5.74, 6) is 0.274. The highest BCUT2D eigenvalue weighted by Crippen LogP contribution is 2.23. The molecule has 3 aromatic rings. The van der Waals surface area contributed by atoms with E-state index in [0.29, 0.717) is 12.2 Å². The number of methoxy groups -OCH3 is 1. The third kappa shape index (κ3) is 3.83. The number of carbonyl (C=O) groups is 2. The van der Waals surface area contributed by atoms with Crippen molar-refractivity contribution in [1.29, 1.82) is 0 Å². The second-order valence-electron chi connectivity index (χ2n) is 5.57.